The zero-order chi connectivity index (χ0) is 16.5. The second kappa shape index (κ2) is 5.88. The Bertz CT molecular complexity index is 884. The number of aliphatic imine (C=N–C) groups is 1. The summed E-state index contributed by atoms with van der Waals surface area (Å²) >= 11 is 0. The van der Waals surface area contributed by atoms with Crippen LogP contribution in [0, 0.1) is 5.82 Å². The number of rotatable bonds is 3. The van der Waals surface area contributed by atoms with E-state index in [9.17, 15) is 4.39 Å². The predicted octanol–water partition coefficient (Wildman–Crippen LogP) is 3.54. The van der Waals surface area contributed by atoms with Crippen LogP contribution in [-0.4, -0.2) is 27.6 Å². The van der Waals surface area contributed by atoms with E-state index in [1.807, 2.05) is 28.8 Å². The second-order valence-electron chi connectivity index (χ2n) is 5.60. The molecule has 0 bridgehead atoms. The second-order valence-corrected chi connectivity index (χ2v) is 5.60. The number of halogens is 1. The Hall–Kier alpha value is -3.02. The number of benzene rings is 2. The Morgan fingerprint density at radius 3 is 2.54 bits per heavy atom. The maximum absolute atomic E-state index is 13.2. The number of aromatic nitrogens is 3. The van der Waals surface area contributed by atoms with Crippen molar-refractivity contribution in [2.45, 2.75) is 12.5 Å². The SMILES string of the molecule is COc1ccc(C2=Nc3nncn3C(c3ccc(F)cc3)C2)cc1. The molecule has 1 aliphatic heterocycles. The summed E-state index contributed by atoms with van der Waals surface area (Å²) in [4.78, 5) is 4.62. The first-order valence-corrected chi connectivity index (χ1v) is 7.61. The Kier molecular flexibility index (Phi) is 3.57. The molecule has 1 aromatic heterocycles. The van der Waals surface area contributed by atoms with E-state index >= 15 is 0 Å². The van der Waals surface area contributed by atoms with Crippen LogP contribution in [0.3, 0.4) is 0 Å². The van der Waals surface area contributed by atoms with Crippen LogP contribution in [0.25, 0.3) is 0 Å². The molecule has 24 heavy (non-hydrogen) atoms. The minimum absolute atomic E-state index is 0.00907. The van der Waals surface area contributed by atoms with Gasteiger partial charge in [-0.05, 0) is 47.5 Å². The maximum atomic E-state index is 13.2. The van der Waals surface area contributed by atoms with Crippen LogP contribution in [-0.2, 0) is 0 Å². The molecule has 1 atom stereocenters. The quantitative estimate of drug-likeness (QED) is 0.741. The van der Waals surface area contributed by atoms with Crippen molar-refractivity contribution in [1.82, 2.24) is 14.8 Å². The first-order chi connectivity index (χ1) is 11.7. The molecule has 2 heterocycles. The van der Waals surface area contributed by atoms with Crippen molar-refractivity contribution in [2.75, 3.05) is 7.11 Å². The number of ether oxygens (including phenoxy) is 1. The highest BCUT2D eigenvalue weighted by atomic mass is 19.1. The van der Waals surface area contributed by atoms with Gasteiger partial charge in [0.25, 0.3) is 5.95 Å². The average molecular weight is 322 g/mol. The molecule has 0 N–H and O–H groups in total. The van der Waals surface area contributed by atoms with Gasteiger partial charge in [-0.15, -0.1) is 10.2 Å². The van der Waals surface area contributed by atoms with Crippen molar-refractivity contribution in [1.29, 1.82) is 0 Å². The van der Waals surface area contributed by atoms with E-state index in [0.29, 0.717) is 12.4 Å². The summed E-state index contributed by atoms with van der Waals surface area (Å²) < 4.78 is 20.4. The number of hydrogen-bond acceptors (Lipinski definition) is 4. The van der Waals surface area contributed by atoms with E-state index in [4.69, 9.17) is 4.74 Å². The Morgan fingerprint density at radius 2 is 1.83 bits per heavy atom. The van der Waals surface area contributed by atoms with Crippen LogP contribution in [0.5, 0.6) is 5.75 Å². The van der Waals surface area contributed by atoms with E-state index in [2.05, 4.69) is 15.2 Å². The minimum atomic E-state index is -0.248. The van der Waals surface area contributed by atoms with Gasteiger partial charge in [0.15, 0.2) is 0 Å². The average Bonchev–Trinajstić information content (AvgIpc) is 3.10. The van der Waals surface area contributed by atoms with Gasteiger partial charge in [-0.2, -0.15) is 0 Å². The summed E-state index contributed by atoms with van der Waals surface area (Å²) in [6.07, 6.45) is 2.35. The molecule has 6 heteroatoms. The lowest BCUT2D eigenvalue weighted by Crippen LogP contribution is -2.19. The molecule has 1 unspecified atom stereocenters. The van der Waals surface area contributed by atoms with E-state index in [0.717, 1.165) is 22.6 Å². The molecule has 0 spiro atoms. The number of fused-ring (bicyclic) bond motifs is 1. The standard InChI is InChI=1S/C18H15FN4O/c1-24-15-8-4-12(5-9-15)16-10-17(13-2-6-14(19)7-3-13)23-11-20-22-18(23)21-16/h2-9,11,17H,10H2,1H3. The van der Waals surface area contributed by atoms with Gasteiger partial charge < -0.3 is 4.74 Å². The normalized spacial score (nSPS) is 16.4. The zero-order valence-corrected chi connectivity index (χ0v) is 13.1. The van der Waals surface area contributed by atoms with Crippen LogP contribution < -0.4 is 4.74 Å². The Labute approximate surface area is 138 Å². The summed E-state index contributed by atoms with van der Waals surface area (Å²) in [5.41, 5.74) is 2.93. The van der Waals surface area contributed by atoms with E-state index in [1.165, 1.54) is 12.1 Å². The van der Waals surface area contributed by atoms with Crippen LogP contribution in [0.2, 0.25) is 0 Å². The molecule has 0 aliphatic carbocycles. The van der Waals surface area contributed by atoms with Crippen LogP contribution >= 0.6 is 0 Å². The molecule has 3 aromatic rings. The summed E-state index contributed by atoms with van der Waals surface area (Å²) in [6.45, 7) is 0. The van der Waals surface area contributed by atoms with Crippen LogP contribution in [0.1, 0.15) is 23.6 Å². The van der Waals surface area contributed by atoms with Gasteiger partial charge in [-0.25, -0.2) is 9.38 Å². The largest absolute Gasteiger partial charge is 0.497 e. The molecule has 120 valence electrons. The fourth-order valence-electron chi connectivity index (χ4n) is 2.91. The van der Waals surface area contributed by atoms with Gasteiger partial charge >= 0.3 is 0 Å². The third kappa shape index (κ3) is 2.56. The molecular weight excluding hydrogens is 307 g/mol. The van der Waals surface area contributed by atoms with Crippen LogP contribution in [0.4, 0.5) is 10.3 Å². The lowest BCUT2D eigenvalue weighted by molar-refractivity contribution is 0.415. The summed E-state index contributed by atoms with van der Waals surface area (Å²) in [7, 11) is 1.64. The molecule has 0 saturated carbocycles. The van der Waals surface area contributed by atoms with Gasteiger partial charge in [0, 0.05) is 6.42 Å². The number of methoxy groups -OCH3 is 1. The monoisotopic (exact) mass is 322 g/mol. The van der Waals surface area contributed by atoms with Crippen molar-refractivity contribution < 1.29 is 9.13 Å². The van der Waals surface area contributed by atoms with Gasteiger partial charge in [0.05, 0.1) is 18.9 Å². The first-order valence-electron chi connectivity index (χ1n) is 7.61. The highest BCUT2D eigenvalue weighted by Crippen LogP contribution is 2.32. The third-order valence-electron chi connectivity index (χ3n) is 4.19. The predicted molar refractivity (Wildman–Crippen MR) is 88.4 cm³/mol. The maximum Gasteiger partial charge on any atom is 0.251 e. The fourth-order valence-corrected chi connectivity index (χ4v) is 2.91. The highest BCUT2D eigenvalue weighted by molar-refractivity contribution is 6.02. The minimum Gasteiger partial charge on any atom is -0.497 e. The van der Waals surface area contributed by atoms with E-state index in [-0.39, 0.29) is 11.9 Å². The van der Waals surface area contributed by atoms with Gasteiger partial charge in [0.1, 0.15) is 17.9 Å². The molecule has 0 saturated heterocycles. The third-order valence-corrected chi connectivity index (χ3v) is 4.19. The molecule has 5 nitrogen and oxygen atoms in total. The molecule has 0 amide bonds. The summed E-state index contributed by atoms with van der Waals surface area (Å²) in [5, 5.41) is 8.05. The van der Waals surface area contributed by atoms with E-state index in [1.54, 1.807) is 25.6 Å². The molecule has 4 rings (SSSR count). The Balaban J connectivity index is 1.74. The Morgan fingerprint density at radius 1 is 1.08 bits per heavy atom. The van der Waals surface area contributed by atoms with Crippen molar-refractivity contribution >= 4 is 11.7 Å². The lowest BCUT2D eigenvalue weighted by Gasteiger charge is -2.24. The molecule has 2 aromatic carbocycles. The highest BCUT2D eigenvalue weighted by Gasteiger charge is 2.25. The van der Waals surface area contributed by atoms with Crippen molar-refractivity contribution in [3.8, 4) is 5.75 Å². The molecular formula is C18H15FN4O. The summed E-state index contributed by atoms with van der Waals surface area (Å²) in [5.74, 6) is 1.11. The fraction of sp³-hybridized carbons (Fsp3) is 0.167. The zero-order valence-electron chi connectivity index (χ0n) is 13.1. The van der Waals surface area contributed by atoms with Gasteiger partial charge in [-0.3, -0.25) is 4.57 Å². The molecule has 1 aliphatic rings. The van der Waals surface area contributed by atoms with Crippen molar-refractivity contribution in [3.05, 3.63) is 71.8 Å². The smallest absolute Gasteiger partial charge is 0.251 e. The number of hydrogen-bond donors (Lipinski definition) is 0. The van der Waals surface area contributed by atoms with Gasteiger partial charge in [0.2, 0.25) is 0 Å². The first kappa shape index (κ1) is 14.6. The van der Waals surface area contributed by atoms with Crippen LogP contribution in [0.15, 0.2) is 59.9 Å². The number of nitrogens with zero attached hydrogens (tertiary/aromatic N) is 4. The van der Waals surface area contributed by atoms with Crippen molar-refractivity contribution in [3.63, 3.8) is 0 Å². The topological polar surface area (TPSA) is 52.3 Å². The molecule has 0 fully saturated rings. The van der Waals surface area contributed by atoms with Crippen molar-refractivity contribution in [2.24, 2.45) is 4.99 Å². The molecule has 0 radical (unpaired) electrons. The van der Waals surface area contributed by atoms with Gasteiger partial charge in [-0.1, -0.05) is 12.1 Å². The van der Waals surface area contributed by atoms with E-state index < -0.39 is 0 Å². The lowest BCUT2D eigenvalue weighted by atomic mass is 9.96. The summed E-state index contributed by atoms with van der Waals surface area (Å²) in [6, 6.07) is 14.3.